The molecular weight excluding hydrogens is 222 g/mol. The molecule has 0 spiro atoms. The van der Waals surface area contributed by atoms with E-state index in [-0.39, 0.29) is 0 Å². The Bertz CT molecular complexity index is 338. The summed E-state index contributed by atoms with van der Waals surface area (Å²) < 4.78 is 0. The van der Waals surface area contributed by atoms with Crippen molar-refractivity contribution in [2.24, 2.45) is 0 Å². The molecule has 1 unspecified atom stereocenters. The second-order valence-electron chi connectivity index (χ2n) is 4.70. The minimum absolute atomic E-state index is 0.595. The minimum atomic E-state index is 0.595. The molecule has 102 valence electrons. The first kappa shape index (κ1) is 15.1. The second-order valence-corrected chi connectivity index (χ2v) is 4.70. The van der Waals surface area contributed by atoms with E-state index in [2.05, 4.69) is 61.1 Å². The van der Waals surface area contributed by atoms with Crippen molar-refractivity contribution in [3.63, 3.8) is 0 Å². The van der Waals surface area contributed by atoms with Crippen molar-refractivity contribution >= 4 is 0 Å². The van der Waals surface area contributed by atoms with E-state index in [0.717, 1.165) is 31.9 Å². The fraction of sp³-hybridized carbons (Fsp3) is 0.667. The van der Waals surface area contributed by atoms with Gasteiger partial charge in [-0.1, -0.05) is 26.8 Å². The van der Waals surface area contributed by atoms with Crippen molar-refractivity contribution in [3.05, 3.63) is 29.6 Å². The van der Waals surface area contributed by atoms with Gasteiger partial charge < -0.3 is 5.32 Å². The Morgan fingerprint density at radius 1 is 1.28 bits per heavy atom. The lowest BCUT2D eigenvalue weighted by atomic mass is 10.1. The third-order valence-electron chi connectivity index (χ3n) is 3.33. The number of hydrogen-bond donors (Lipinski definition) is 1. The summed E-state index contributed by atoms with van der Waals surface area (Å²) in [5.41, 5.74) is 2.27. The summed E-state index contributed by atoms with van der Waals surface area (Å²) in [6.45, 7) is 12.8. The number of likely N-dealkylation sites (N-methyl/N-ethyl adjacent to an activating group) is 2. The van der Waals surface area contributed by atoms with Crippen molar-refractivity contribution in [3.8, 4) is 0 Å². The fourth-order valence-corrected chi connectivity index (χ4v) is 2.24. The highest BCUT2D eigenvalue weighted by Gasteiger charge is 2.15. The van der Waals surface area contributed by atoms with Gasteiger partial charge in [0.2, 0.25) is 0 Å². The number of pyridine rings is 1. The number of nitrogens with one attached hydrogen (secondary N) is 1. The SMILES string of the molecule is CCNCC(CC)N(CC)Cc1cccc(C)n1. The Labute approximate surface area is 112 Å². The van der Waals surface area contributed by atoms with Crippen LogP contribution in [-0.2, 0) is 6.54 Å². The largest absolute Gasteiger partial charge is 0.315 e. The predicted octanol–water partition coefficient (Wildman–Crippen LogP) is 2.60. The van der Waals surface area contributed by atoms with E-state index in [1.54, 1.807) is 0 Å². The molecule has 0 radical (unpaired) electrons. The summed E-state index contributed by atoms with van der Waals surface area (Å²) in [6, 6.07) is 6.86. The van der Waals surface area contributed by atoms with Crippen molar-refractivity contribution in [1.29, 1.82) is 0 Å². The molecule has 18 heavy (non-hydrogen) atoms. The predicted molar refractivity (Wildman–Crippen MR) is 77.7 cm³/mol. The maximum absolute atomic E-state index is 4.60. The molecule has 0 amide bonds. The van der Waals surface area contributed by atoms with Crippen molar-refractivity contribution < 1.29 is 0 Å². The first-order chi connectivity index (χ1) is 8.71. The normalized spacial score (nSPS) is 12.9. The van der Waals surface area contributed by atoms with Gasteiger partial charge in [0.1, 0.15) is 0 Å². The Kier molecular flexibility index (Phi) is 6.91. The van der Waals surface area contributed by atoms with Gasteiger partial charge in [0.15, 0.2) is 0 Å². The van der Waals surface area contributed by atoms with Gasteiger partial charge in [-0.2, -0.15) is 0 Å². The van der Waals surface area contributed by atoms with E-state index in [1.165, 1.54) is 12.1 Å². The zero-order valence-corrected chi connectivity index (χ0v) is 12.2. The smallest absolute Gasteiger partial charge is 0.0547 e. The van der Waals surface area contributed by atoms with Gasteiger partial charge >= 0.3 is 0 Å². The van der Waals surface area contributed by atoms with E-state index >= 15 is 0 Å². The average molecular weight is 249 g/mol. The first-order valence-electron chi connectivity index (χ1n) is 7.08. The zero-order chi connectivity index (χ0) is 13.4. The van der Waals surface area contributed by atoms with Crippen LogP contribution in [0.3, 0.4) is 0 Å². The average Bonchev–Trinajstić information content (AvgIpc) is 2.38. The van der Waals surface area contributed by atoms with Crippen LogP contribution in [-0.4, -0.2) is 35.6 Å². The van der Waals surface area contributed by atoms with Gasteiger partial charge in [0.25, 0.3) is 0 Å². The highest BCUT2D eigenvalue weighted by molar-refractivity contribution is 5.09. The second kappa shape index (κ2) is 8.22. The molecule has 1 heterocycles. The highest BCUT2D eigenvalue weighted by Crippen LogP contribution is 2.09. The maximum Gasteiger partial charge on any atom is 0.0547 e. The van der Waals surface area contributed by atoms with Crippen LogP contribution in [0.2, 0.25) is 0 Å². The van der Waals surface area contributed by atoms with Crippen LogP contribution in [0.25, 0.3) is 0 Å². The van der Waals surface area contributed by atoms with E-state index < -0.39 is 0 Å². The molecule has 3 heteroatoms. The zero-order valence-electron chi connectivity index (χ0n) is 12.2. The van der Waals surface area contributed by atoms with Gasteiger partial charge in [-0.25, -0.2) is 0 Å². The van der Waals surface area contributed by atoms with Gasteiger partial charge in [-0.05, 0) is 38.6 Å². The van der Waals surface area contributed by atoms with Gasteiger partial charge in [-0.15, -0.1) is 0 Å². The lowest BCUT2D eigenvalue weighted by Crippen LogP contribution is -2.41. The van der Waals surface area contributed by atoms with Crippen LogP contribution >= 0.6 is 0 Å². The molecule has 1 rings (SSSR count). The molecule has 0 saturated heterocycles. The summed E-state index contributed by atoms with van der Waals surface area (Å²) in [5, 5.41) is 3.45. The molecule has 0 saturated carbocycles. The topological polar surface area (TPSA) is 28.2 Å². The molecule has 0 fully saturated rings. The van der Waals surface area contributed by atoms with Crippen molar-refractivity contribution in [2.75, 3.05) is 19.6 Å². The fourth-order valence-electron chi connectivity index (χ4n) is 2.24. The molecule has 1 aromatic heterocycles. The Morgan fingerprint density at radius 2 is 2.06 bits per heavy atom. The molecule has 0 aliphatic heterocycles. The summed E-state index contributed by atoms with van der Waals surface area (Å²) in [5.74, 6) is 0. The quantitative estimate of drug-likeness (QED) is 0.767. The number of aromatic nitrogens is 1. The number of hydrogen-bond acceptors (Lipinski definition) is 3. The molecule has 3 nitrogen and oxygen atoms in total. The minimum Gasteiger partial charge on any atom is -0.315 e. The Balaban J connectivity index is 2.64. The third kappa shape index (κ3) is 4.75. The van der Waals surface area contributed by atoms with E-state index in [9.17, 15) is 0 Å². The molecular formula is C15H27N3. The highest BCUT2D eigenvalue weighted by atomic mass is 15.2. The summed E-state index contributed by atoms with van der Waals surface area (Å²) in [7, 11) is 0. The molecule has 0 aliphatic rings. The maximum atomic E-state index is 4.60. The van der Waals surface area contributed by atoms with Gasteiger partial charge in [0.05, 0.1) is 5.69 Å². The van der Waals surface area contributed by atoms with Crippen molar-refractivity contribution in [2.45, 2.75) is 46.7 Å². The standard InChI is InChI=1S/C15H27N3/c1-5-15(11-16-6-2)18(7-3)12-14-10-8-9-13(4)17-14/h8-10,15-16H,5-7,11-12H2,1-4H3. The first-order valence-corrected chi connectivity index (χ1v) is 7.08. The van der Waals surface area contributed by atoms with Crippen LogP contribution in [0.15, 0.2) is 18.2 Å². The van der Waals surface area contributed by atoms with E-state index in [0.29, 0.717) is 6.04 Å². The summed E-state index contributed by atoms with van der Waals surface area (Å²) >= 11 is 0. The monoisotopic (exact) mass is 249 g/mol. The lowest BCUT2D eigenvalue weighted by molar-refractivity contribution is 0.186. The Hall–Kier alpha value is -0.930. The molecule has 0 aliphatic carbocycles. The van der Waals surface area contributed by atoms with Crippen molar-refractivity contribution in [1.82, 2.24) is 15.2 Å². The number of rotatable bonds is 8. The van der Waals surface area contributed by atoms with Gasteiger partial charge in [-0.3, -0.25) is 9.88 Å². The van der Waals surface area contributed by atoms with Crippen LogP contribution in [0.1, 0.15) is 38.6 Å². The molecule has 0 aromatic carbocycles. The van der Waals surface area contributed by atoms with Gasteiger partial charge in [0, 0.05) is 24.8 Å². The third-order valence-corrected chi connectivity index (χ3v) is 3.33. The summed E-state index contributed by atoms with van der Waals surface area (Å²) in [4.78, 5) is 7.10. The number of aryl methyl sites for hydroxylation is 1. The van der Waals surface area contributed by atoms with Crippen LogP contribution in [0.4, 0.5) is 0 Å². The van der Waals surface area contributed by atoms with E-state index in [1.807, 2.05) is 0 Å². The molecule has 1 N–H and O–H groups in total. The summed E-state index contributed by atoms with van der Waals surface area (Å²) in [6.07, 6.45) is 1.17. The lowest BCUT2D eigenvalue weighted by Gasteiger charge is -2.30. The van der Waals surface area contributed by atoms with E-state index in [4.69, 9.17) is 0 Å². The molecule has 1 atom stereocenters. The number of nitrogens with zero attached hydrogens (tertiary/aromatic N) is 2. The van der Waals surface area contributed by atoms with Crippen LogP contribution < -0.4 is 5.32 Å². The Morgan fingerprint density at radius 3 is 2.61 bits per heavy atom. The molecule has 0 bridgehead atoms. The van der Waals surface area contributed by atoms with Crippen LogP contribution in [0.5, 0.6) is 0 Å². The molecule has 1 aromatic rings. The van der Waals surface area contributed by atoms with Crippen LogP contribution in [0, 0.1) is 6.92 Å².